The van der Waals surface area contributed by atoms with E-state index in [1.165, 1.54) is 0 Å². The highest BCUT2D eigenvalue weighted by molar-refractivity contribution is 6.45. The van der Waals surface area contributed by atoms with Gasteiger partial charge in [-0.15, -0.1) is 69.6 Å². The first-order valence-corrected chi connectivity index (χ1v) is 8.34. The molecule has 116 valence electrons. The second-order valence-corrected chi connectivity index (χ2v) is 7.19. The van der Waals surface area contributed by atoms with Crippen LogP contribution in [0.3, 0.4) is 0 Å². The minimum Gasteiger partial charge on any atom is -0.412 e. The zero-order valence-corrected chi connectivity index (χ0v) is 14.6. The van der Waals surface area contributed by atoms with Gasteiger partial charge in [0.15, 0.2) is 0 Å². The maximum Gasteiger partial charge on any atom is 0.0693 e. The number of piperazine rings is 1. The molecule has 0 atom stereocenters. The summed E-state index contributed by atoms with van der Waals surface area (Å²) >= 11 is 35.3. The topological polar surface area (TPSA) is 55.6 Å². The summed E-state index contributed by atoms with van der Waals surface area (Å²) < 4.78 is 0. The minimum atomic E-state index is -0.437. The van der Waals surface area contributed by atoms with Gasteiger partial charge >= 0.3 is 0 Å². The summed E-state index contributed by atoms with van der Waals surface area (Å²) in [4.78, 5) is 0. The molecule has 0 bridgehead atoms. The first-order valence-electron chi connectivity index (χ1n) is 5.72. The molecule has 0 radical (unpaired) electrons. The number of hydrogen-bond acceptors (Lipinski definition) is 2. The van der Waals surface area contributed by atoms with Crippen LogP contribution in [-0.2, 0) is 0 Å². The van der Waals surface area contributed by atoms with Crippen molar-refractivity contribution in [3.8, 4) is 0 Å². The maximum atomic E-state index is 5.88. The molecule has 1 heterocycles. The van der Waals surface area contributed by atoms with Crippen molar-refractivity contribution in [2.24, 2.45) is 0 Å². The van der Waals surface area contributed by atoms with Gasteiger partial charge in [0.1, 0.15) is 0 Å². The first kappa shape index (κ1) is 20.6. The van der Waals surface area contributed by atoms with Gasteiger partial charge in [0, 0.05) is 26.2 Å². The van der Waals surface area contributed by atoms with Crippen molar-refractivity contribution >= 4 is 69.6 Å². The predicted octanol–water partition coefficient (Wildman–Crippen LogP) is 2.00. The van der Waals surface area contributed by atoms with Crippen LogP contribution in [0.2, 0.25) is 0 Å². The van der Waals surface area contributed by atoms with Crippen LogP contribution in [0, 0.1) is 0 Å². The van der Waals surface area contributed by atoms with E-state index in [0.29, 0.717) is 0 Å². The van der Waals surface area contributed by atoms with Gasteiger partial charge in [-0.25, -0.2) is 0 Å². The van der Waals surface area contributed by atoms with E-state index in [1.54, 1.807) is 0 Å². The average molecular weight is 395 g/mol. The highest BCUT2D eigenvalue weighted by Gasteiger charge is 2.46. The zero-order valence-electron chi connectivity index (χ0n) is 10.1. The van der Waals surface area contributed by atoms with Crippen molar-refractivity contribution in [1.29, 1.82) is 0 Å². The Morgan fingerprint density at radius 2 is 0.632 bits per heavy atom. The third-order valence-corrected chi connectivity index (χ3v) is 6.81. The average Bonchev–Trinajstić information content (AvgIpc) is 2.43. The van der Waals surface area contributed by atoms with E-state index in [0.717, 1.165) is 26.2 Å². The Morgan fingerprint density at radius 1 is 0.474 bits per heavy atom. The molecular weight excluding hydrogens is 377 g/mol. The number of alkyl halides is 6. The molecule has 1 aliphatic carbocycles. The van der Waals surface area contributed by atoms with Crippen LogP contribution in [0.4, 0.5) is 0 Å². The summed E-state index contributed by atoms with van der Waals surface area (Å²) in [6.45, 7) is 4.56. The molecule has 0 spiro atoms. The Kier molecular flexibility index (Phi) is 11.2. The second-order valence-electron chi connectivity index (χ2n) is 4.17. The molecule has 4 N–H and O–H groups in total. The van der Waals surface area contributed by atoms with Gasteiger partial charge in [-0.2, -0.15) is 0 Å². The summed E-state index contributed by atoms with van der Waals surface area (Å²) in [6, 6.07) is 0. The van der Waals surface area contributed by atoms with Gasteiger partial charge in [0.25, 0.3) is 0 Å². The van der Waals surface area contributed by atoms with Gasteiger partial charge in [0.05, 0.1) is 32.3 Å². The van der Waals surface area contributed by atoms with E-state index >= 15 is 0 Å². The summed E-state index contributed by atoms with van der Waals surface area (Å²) in [5.74, 6) is 0. The van der Waals surface area contributed by atoms with E-state index in [-0.39, 0.29) is 5.48 Å². The first-order chi connectivity index (χ1) is 8.46. The summed E-state index contributed by atoms with van der Waals surface area (Å²) in [6.07, 6.45) is 0. The quantitative estimate of drug-likeness (QED) is 0.617. The predicted molar refractivity (Wildman–Crippen MR) is 87.2 cm³/mol. The number of hydrogen-bond donors (Lipinski definition) is 2. The van der Waals surface area contributed by atoms with E-state index in [2.05, 4.69) is 10.6 Å². The Morgan fingerprint density at radius 3 is 0.737 bits per heavy atom. The lowest BCUT2D eigenvalue weighted by Crippen LogP contribution is -2.52. The Balaban J connectivity index is 0.000000392. The Labute approximate surface area is 143 Å². The number of nitrogens with one attached hydrogen (secondary N) is 2. The van der Waals surface area contributed by atoms with Gasteiger partial charge in [-0.3, -0.25) is 0 Å². The molecule has 1 saturated carbocycles. The molecule has 19 heavy (non-hydrogen) atoms. The molecule has 1 aliphatic heterocycles. The Hall–Kier alpha value is 1.62. The molecular formula is C10H18Cl6N2O. The molecule has 1 saturated heterocycles. The largest absolute Gasteiger partial charge is 0.412 e. The molecule has 0 amide bonds. The monoisotopic (exact) mass is 392 g/mol. The molecule has 2 rings (SSSR count). The molecule has 0 aromatic carbocycles. The lowest BCUT2D eigenvalue weighted by atomic mass is 9.97. The van der Waals surface area contributed by atoms with E-state index in [1.807, 2.05) is 0 Å². The van der Waals surface area contributed by atoms with Gasteiger partial charge in [0.2, 0.25) is 0 Å². The SMILES string of the molecule is C1CNCCN1.ClC1C(Cl)C(Cl)C(Cl)C(Cl)C1Cl.O. The standard InChI is InChI=1S/C6H6Cl6.C4H10N2.H2O/c7-1-2(8)4(10)6(12)5(11)3(1)9;1-2-6-4-3-5-1;/h1-6H;5-6H,1-4H2;1H2. The van der Waals surface area contributed by atoms with Crippen molar-refractivity contribution in [3.05, 3.63) is 0 Å². The second kappa shape index (κ2) is 10.4. The number of halogens is 6. The molecule has 2 fully saturated rings. The molecule has 2 aliphatic rings. The fourth-order valence-electron chi connectivity index (χ4n) is 1.66. The highest BCUT2D eigenvalue weighted by atomic mass is 35.5. The van der Waals surface area contributed by atoms with Crippen LogP contribution < -0.4 is 10.6 Å². The van der Waals surface area contributed by atoms with E-state index in [9.17, 15) is 0 Å². The van der Waals surface area contributed by atoms with Crippen molar-refractivity contribution in [1.82, 2.24) is 10.6 Å². The van der Waals surface area contributed by atoms with Crippen LogP contribution in [0.1, 0.15) is 0 Å². The molecule has 9 heteroatoms. The van der Waals surface area contributed by atoms with E-state index in [4.69, 9.17) is 69.6 Å². The van der Waals surface area contributed by atoms with E-state index < -0.39 is 32.3 Å². The van der Waals surface area contributed by atoms with Gasteiger partial charge < -0.3 is 16.1 Å². The minimum absolute atomic E-state index is 0. The summed E-state index contributed by atoms with van der Waals surface area (Å²) in [7, 11) is 0. The molecule has 0 unspecified atom stereocenters. The van der Waals surface area contributed by atoms with Crippen LogP contribution >= 0.6 is 69.6 Å². The van der Waals surface area contributed by atoms with Crippen molar-refractivity contribution in [3.63, 3.8) is 0 Å². The summed E-state index contributed by atoms with van der Waals surface area (Å²) in [5, 5.41) is 3.82. The summed E-state index contributed by atoms with van der Waals surface area (Å²) in [5.41, 5.74) is 0. The molecule has 0 aromatic rings. The third-order valence-electron chi connectivity index (χ3n) is 2.78. The van der Waals surface area contributed by atoms with Gasteiger partial charge in [-0.1, -0.05) is 0 Å². The third kappa shape index (κ3) is 6.09. The van der Waals surface area contributed by atoms with Crippen molar-refractivity contribution in [2.45, 2.75) is 32.3 Å². The normalized spacial score (nSPS) is 42.6. The highest BCUT2D eigenvalue weighted by Crippen LogP contribution is 2.39. The zero-order chi connectivity index (χ0) is 13.7. The van der Waals surface area contributed by atoms with Crippen molar-refractivity contribution < 1.29 is 5.48 Å². The van der Waals surface area contributed by atoms with Crippen LogP contribution in [0.5, 0.6) is 0 Å². The molecule has 3 nitrogen and oxygen atoms in total. The fraction of sp³-hybridized carbons (Fsp3) is 1.00. The lowest BCUT2D eigenvalue weighted by Gasteiger charge is -2.37. The van der Waals surface area contributed by atoms with Crippen LogP contribution in [0.15, 0.2) is 0 Å². The maximum absolute atomic E-state index is 5.88. The van der Waals surface area contributed by atoms with Crippen LogP contribution in [0.25, 0.3) is 0 Å². The number of rotatable bonds is 0. The van der Waals surface area contributed by atoms with Crippen LogP contribution in [-0.4, -0.2) is 63.9 Å². The lowest BCUT2D eigenvalue weighted by molar-refractivity contribution is 0.534. The smallest absolute Gasteiger partial charge is 0.0693 e. The fourth-order valence-corrected chi connectivity index (χ4v) is 3.98. The Bertz CT molecular complexity index is 176. The van der Waals surface area contributed by atoms with Gasteiger partial charge in [-0.05, 0) is 0 Å². The van der Waals surface area contributed by atoms with Crippen molar-refractivity contribution in [2.75, 3.05) is 26.2 Å². The molecule has 0 aromatic heterocycles.